The third-order valence-electron chi connectivity index (χ3n) is 4.10. The zero-order valence-electron chi connectivity index (χ0n) is 12.4. The van der Waals surface area contributed by atoms with Crippen molar-refractivity contribution in [3.63, 3.8) is 0 Å². The number of fused-ring (bicyclic) bond motifs is 1. The molecule has 114 valence electrons. The van der Waals surface area contributed by atoms with Gasteiger partial charge in [0.2, 0.25) is 0 Å². The fraction of sp³-hybridized carbons (Fsp3) is 0.176. The average Bonchev–Trinajstić information content (AvgIpc) is 3.09. The Labute approximate surface area is 132 Å². The maximum absolute atomic E-state index is 13.0. The van der Waals surface area contributed by atoms with Crippen LogP contribution in [0.4, 0.5) is 0 Å². The Hall–Kier alpha value is -3.02. The fourth-order valence-electron chi connectivity index (χ4n) is 3.02. The van der Waals surface area contributed by atoms with Gasteiger partial charge >= 0.3 is 0 Å². The van der Waals surface area contributed by atoms with Gasteiger partial charge in [0.05, 0.1) is 11.3 Å². The van der Waals surface area contributed by atoms with Crippen LogP contribution in [0.15, 0.2) is 59.4 Å². The van der Waals surface area contributed by atoms with Crippen LogP contribution in [0.3, 0.4) is 0 Å². The second kappa shape index (κ2) is 5.64. The molecule has 1 unspecified atom stereocenters. The second-order valence-corrected chi connectivity index (χ2v) is 5.56. The van der Waals surface area contributed by atoms with Gasteiger partial charge in [-0.15, -0.1) is 5.10 Å². The number of hydrogen-bond acceptors (Lipinski definition) is 4. The van der Waals surface area contributed by atoms with Crippen LogP contribution in [-0.4, -0.2) is 25.2 Å². The lowest BCUT2D eigenvalue weighted by Crippen LogP contribution is -2.21. The van der Waals surface area contributed by atoms with Crippen molar-refractivity contribution in [1.82, 2.24) is 25.2 Å². The van der Waals surface area contributed by atoms with Gasteiger partial charge in [0.25, 0.3) is 5.56 Å². The van der Waals surface area contributed by atoms with Crippen molar-refractivity contribution >= 4 is 0 Å². The van der Waals surface area contributed by atoms with Gasteiger partial charge in [-0.25, -0.2) is 5.10 Å². The van der Waals surface area contributed by atoms with E-state index in [4.69, 9.17) is 0 Å². The van der Waals surface area contributed by atoms with Crippen molar-refractivity contribution < 1.29 is 0 Å². The lowest BCUT2D eigenvalue weighted by molar-refractivity contribution is 0.528. The summed E-state index contributed by atoms with van der Waals surface area (Å²) < 4.78 is 1.82. The van der Waals surface area contributed by atoms with Crippen LogP contribution in [0.2, 0.25) is 0 Å². The number of tetrazole rings is 1. The maximum atomic E-state index is 13.0. The highest BCUT2D eigenvalue weighted by atomic mass is 16.1. The van der Waals surface area contributed by atoms with Crippen molar-refractivity contribution in [2.75, 3.05) is 0 Å². The van der Waals surface area contributed by atoms with Crippen molar-refractivity contribution in [1.29, 1.82) is 0 Å². The van der Waals surface area contributed by atoms with Crippen LogP contribution in [0, 0.1) is 5.92 Å². The molecule has 6 nitrogen and oxygen atoms in total. The molecule has 23 heavy (non-hydrogen) atoms. The molecule has 2 aliphatic carbocycles. The SMILES string of the molecule is O=c1c(-c2nnn[nH]2)c2cccccc-2n1CC1C=CC=CC1. The van der Waals surface area contributed by atoms with Crippen LogP contribution in [0.25, 0.3) is 22.6 Å². The normalized spacial score (nSPS) is 17.0. The van der Waals surface area contributed by atoms with E-state index in [1.807, 2.05) is 47.1 Å². The Kier molecular flexibility index (Phi) is 3.34. The molecule has 1 atom stereocenters. The largest absolute Gasteiger partial charge is 0.307 e. The predicted octanol–water partition coefficient (Wildman–Crippen LogP) is 2.27. The molecule has 0 saturated carbocycles. The Balaban J connectivity index is 1.88. The molecule has 3 aliphatic rings. The maximum Gasteiger partial charge on any atom is 0.262 e. The quantitative estimate of drug-likeness (QED) is 0.805. The summed E-state index contributed by atoms with van der Waals surface area (Å²) in [6.07, 6.45) is 9.28. The Morgan fingerprint density at radius 3 is 2.91 bits per heavy atom. The molecule has 0 radical (unpaired) electrons. The molecule has 0 saturated heterocycles. The number of nitrogens with one attached hydrogen (secondary N) is 1. The van der Waals surface area contributed by atoms with E-state index in [-0.39, 0.29) is 5.56 Å². The molecule has 0 aromatic carbocycles. The minimum absolute atomic E-state index is 0.0623. The highest BCUT2D eigenvalue weighted by Gasteiger charge is 2.24. The van der Waals surface area contributed by atoms with E-state index in [0.29, 0.717) is 23.9 Å². The van der Waals surface area contributed by atoms with Crippen LogP contribution in [0.1, 0.15) is 6.42 Å². The number of aromatic nitrogens is 5. The molecule has 1 aliphatic heterocycles. The molecule has 0 fully saturated rings. The summed E-state index contributed by atoms with van der Waals surface area (Å²) >= 11 is 0. The third kappa shape index (κ3) is 2.38. The van der Waals surface area contributed by atoms with Crippen molar-refractivity contribution in [2.45, 2.75) is 13.0 Å². The lowest BCUT2D eigenvalue weighted by atomic mass is 10.0. The van der Waals surface area contributed by atoms with Gasteiger partial charge in [-0.1, -0.05) is 48.6 Å². The second-order valence-electron chi connectivity index (χ2n) is 5.56. The van der Waals surface area contributed by atoms with Crippen LogP contribution >= 0.6 is 0 Å². The molecular formula is C17H15N5O. The lowest BCUT2D eigenvalue weighted by Gasteiger charge is -2.14. The summed E-state index contributed by atoms with van der Waals surface area (Å²) in [6.45, 7) is 0.641. The summed E-state index contributed by atoms with van der Waals surface area (Å²) in [5.41, 5.74) is 2.22. The highest BCUT2D eigenvalue weighted by Crippen LogP contribution is 2.30. The van der Waals surface area contributed by atoms with Gasteiger partial charge in [-0.2, -0.15) is 0 Å². The van der Waals surface area contributed by atoms with Gasteiger partial charge in [0.15, 0.2) is 5.82 Å². The Bertz CT molecular complexity index is 907. The molecule has 2 heterocycles. The number of rotatable bonds is 3. The van der Waals surface area contributed by atoms with E-state index in [1.54, 1.807) is 0 Å². The van der Waals surface area contributed by atoms with Gasteiger partial charge in [-0.3, -0.25) is 4.79 Å². The monoisotopic (exact) mass is 305 g/mol. The summed E-state index contributed by atoms with van der Waals surface area (Å²) in [4.78, 5) is 13.0. The standard InChI is InChI=1S/C17H15N5O/c23-17-15(16-18-20-21-19-16)13-9-5-2-6-10-14(13)22(17)11-12-7-3-1-4-8-12/h1-7,9-10,12H,8,11H2,(H,18,19,20,21). The molecule has 1 N–H and O–H groups in total. The van der Waals surface area contributed by atoms with Crippen molar-refractivity contribution in [2.24, 2.45) is 5.92 Å². The molecule has 0 spiro atoms. The van der Waals surface area contributed by atoms with Crippen LogP contribution in [-0.2, 0) is 6.54 Å². The zero-order chi connectivity index (χ0) is 15.6. The molecule has 6 heteroatoms. The van der Waals surface area contributed by atoms with E-state index >= 15 is 0 Å². The van der Waals surface area contributed by atoms with Gasteiger partial charge in [0, 0.05) is 12.1 Å². The topological polar surface area (TPSA) is 76.5 Å². The van der Waals surface area contributed by atoms with E-state index in [0.717, 1.165) is 17.7 Å². The number of nitrogens with zero attached hydrogens (tertiary/aromatic N) is 4. The predicted molar refractivity (Wildman–Crippen MR) is 86.9 cm³/mol. The van der Waals surface area contributed by atoms with Gasteiger partial charge in [0.1, 0.15) is 0 Å². The Morgan fingerprint density at radius 1 is 1.22 bits per heavy atom. The summed E-state index contributed by atoms with van der Waals surface area (Å²) in [6, 6.07) is 9.70. The molecule has 0 amide bonds. The summed E-state index contributed by atoms with van der Waals surface area (Å²) in [5.74, 6) is 0.721. The van der Waals surface area contributed by atoms with Crippen molar-refractivity contribution in [3.8, 4) is 22.6 Å². The minimum Gasteiger partial charge on any atom is -0.307 e. The summed E-state index contributed by atoms with van der Waals surface area (Å²) in [7, 11) is 0. The number of H-pyrrole nitrogens is 1. The first kappa shape index (κ1) is 13.6. The number of hydrogen-bond donors (Lipinski definition) is 1. The minimum atomic E-state index is -0.0623. The Morgan fingerprint density at radius 2 is 2.13 bits per heavy atom. The van der Waals surface area contributed by atoms with Crippen molar-refractivity contribution in [3.05, 3.63) is 65.0 Å². The molecule has 0 bridgehead atoms. The average molecular weight is 305 g/mol. The van der Waals surface area contributed by atoms with Crippen LogP contribution < -0.4 is 5.56 Å². The van der Waals surface area contributed by atoms with E-state index in [1.165, 1.54) is 0 Å². The van der Waals surface area contributed by atoms with E-state index in [2.05, 4.69) is 32.8 Å². The summed E-state index contributed by atoms with van der Waals surface area (Å²) in [5, 5.41) is 13.8. The first-order valence-corrected chi connectivity index (χ1v) is 7.53. The fourth-order valence-corrected chi connectivity index (χ4v) is 3.02. The van der Waals surface area contributed by atoms with E-state index in [9.17, 15) is 4.79 Å². The zero-order valence-corrected chi connectivity index (χ0v) is 12.4. The smallest absolute Gasteiger partial charge is 0.262 e. The molecular weight excluding hydrogens is 290 g/mol. The molecule has 1 aromatic rings. The third-order valence-corrected chi connectivity index (χ3v) is 4.10. The first-order valence-electron chi connectivity index (χ1n) is 7.53. The van der Waals surface area contributed by atoms with E-state index < -0.39 is 0 Å². The molecule has 1 aromatic heterocycles. The highest BCUT2D eigenvalue weighted by molar-refractivity contribution is 5.80. The van der Waals surface area contributed by atoms with Gasteiger partial charge in [-0.05, 0) is 28.8 Å². The number of allylic oxidation sites excluding steroid dienone is 4. The first-order chi connectivity index (χ1) is 11.3. The van der Waals surface area contributed by atoms with Crippen LogP contribution in [0.5, 0.6) is 0 Å². The number of aromatic amines is 1. The molecule has 4 rings (SSSR count). The van der Waals surface area contributed by atoms with Gasteiger partial charge < -0.3 is 4.57 Å².